The Kier molecular flexibility index (Phi) is 4.42. The second kappa shape index (κ2) is 6.83. The summed E-state index contributed by atoms with van der Waals surface area (Å²) in [5, 5.41) is 24.6. The van der Waals surface area contributed by atoms with Crippen molar-refractivity contribution in [2.45, 2.75) is 6.54 Å². The number of hydrogen-bond acceptors (Lipinski definition) is 6. The Morgan fingerprint density at radius 3 is 2.64 bits per heavy atom. The highest BCUT2D eigenvalue weighted by atomic mass is 19.1. The summed E-state index contributed by atoms with van der Waals surface area (Å²) in [7, 11) is 0. The Morgan fingerprint density at radius 1 is 1.20 bits per heavy atom. The van der Waals surface area contributed by atoms with Crippen molar-refractivity contribution in [1.29, 1.82) is 0 Å². The lowest BCUT2D eigenvalue weighted by Crippen LogP contribution is -2.25. The monoisotopic (exact) mass is 342 g/mol. The summed E-state index contributed by atoms with van der Waals surface area (Å²) in [5.41, 5.74) is 0.160. The Morgan fingerprint density at radius 2 is 1.92 bits per heavy atom. The molecule has 0 spiro atoms. The highest BCUT2D eigenvalue weighted by Gasteiger charge is 2.19. The molecule has 126 valence electrons. The van der Waals surface area contributed by atoms with Crippen molar-refractivity contribution in [3.63, 3.8) is 0 Å². The fraction of sp³-hybridized carbons (Fsp3) is 0.0667. The van der Waals surface area contributed by atoms with Gasteiger partial charge in [0.1, 0.15) is 11.4 Å². The summed E-state index contributed by atoms with van der Waals surface area (Å²) in [6.07, 6.45) is 0. The summed E-state index contributed by atoms with van der Waals surface area (Å²) >= 11 is 0. The zero-order chi connectivity index (χ0) is 17.8. The largest absolute Gasteiger partial charge is 0.344 e. The lowest BCUT2D eigenvalue weighted by atomic mass is 10.1. The van der Waals surface area contributed by atoms with Crippen LogP contribution in [0.4, 0.5) is 10.1 Å². The van der Waals surface area contributed by atoms with Gasteiger partial charge in [-0.2, -0.15) is 4.68 Å². The van der Waals surface area contributed by atoms with Crippen LogP contribution in [0, 0.1) is 15.9 Å². The van der Waals surface area contributed by atoms with E-state index in [1.54, 1.807) is 0 Å². The van der Waals surface area contributed by atoms with Gasteiger partial charge in [-0.05, 0) is 40.8 Å². The molecule has 1 N–H and O–H groups in total. The average molecular weight is 342 g/mol. The minimum absolute atomic E-state index is 0.0603. The number of benzene rings is 2. The van der Waals surface area contributed by atoms with Crippen LogP contribution in [0.2, 0.25) is 0 Å². The number of nitrogens with zero attached hydrogens (tertiary/aromatic N) is 5. The van der Waals surface area contributed by atoms with Gasteiger partial charge in [-0.1, -0.05) is 12.1 Å². The molecule has 9 nitrogen and oxygen atoms in total. The summed E-state index contributed by atoms with van der Waals surface area (Å²) < 4.78 is 14.3. The molecule has 0 bridgehead atoms. The van der Waals surface area contributed by atoms with Crippen LogP contribution in [0.3, 0.4) is 0 Å². The number of nitro benzene ring substituents is 1. The van der Waals surface area contributed by atoms with Crippen LogP contribution >= 0.6 is 0 Å². The van der Waals surface area contributed by atoms with Gasteiger partial charge in [-0.3, -0.25) is 14.9 Å². The van der Waals surface area contributed by atoms with Crippen LogP contribution in [-0.4, -0.2) is 31.0 Å². The van der Waals surface area contributed by atoms with Crippen LogP contribution in [-0.2, 0) is 6.54 Å². The maximum absolute atomic E-state index is 13.0. The first-order chi connectivity index (χ1) is 12.1. The van der Waals surface area contributed by atoms with E-state index in [9.17, 15) is 19.3 Å². The molecule has 0 fully saturated rings. The van der Waals surface area contributed by atoms with E-state index in [-0.39, 0.29) is 17.8 Å². The molecule has 0 radical (unpaired) electrons. The number of nitro groups is 1. The molecule has 0 saturated heterocycles. The second-order valence-electron chi connectivity index (χ2n) is 4.94. The molecule has 1 heterocycles. The first-order valence-electron chi connectivity index (χ1n) is 7.11. The van der Waals surface area contributed by atoms with Crippen LogP contribution < -0.4 is 5.32 Å². The fourth-order valence-corrected chi connectivity index (χ4v) is 2.18. The van der Waals surface area contributed by atoms with E-state index in [0.29, 0.717) is 11.5 Å². The molecule has 10 heteroatoms. The number of tetrazole rings is 1. The molecule has 0 aliphatic heterocycles. The summed E-state index contributed by atoms with van der Waals surface area (Å²) in [4.78, 5) is 22.6. The van der Waals surface area contributed by atoms with Crippen molar-refractivity contribution >= 4 is 11.6 Å². The van der Waals surface area contributed by atoms with Crippen molar-refractivity contribution < 1.29 is 14.1 Å². The standard InChI is InChI=1S/C15H11FN6O3/c16-10-5-7-11(8-6-10)21-14(18-19-20-21)9-17-15(23)12-3-1-2-4-13(12)22(24)25/h1-8H,9H2,(H,17,23). The molecular weight excluding hydrogens is 331 g/mol. The van der Waals surface area contributed by atoms with Crippen molar-refractivity contribution in [2.75, 3.05) is 0 Å². The summed E-state index contributed by atoms with van der Waals surface area (Å²) in [6.45, 7) is -0.0603. The predicted octanol–water partition coefficient (Wildman–Crippen LogP) is 1.64. The SMILES string of the molecule is O=C(NCc1nnnn1-c1ccc(F)cc1)c1ccccc1[N+](=O)[O-]. The first kappa shape index (κ1) is 16.2. The number of para-hydroxylation sites is 1. The van der Waals surface area contributed by atoms with Gasteiger partial charge in [0.15, 0.2) is 5.82 Å². The third-order valence-corrected chi connectivity index (χ3v) is 3.36. The van der Waals surface area contributed by atoms with Crippen LogP contribution in [0.1, 0.15) is 16.2 Å². The zero-order valence-electron chi connectivity index (χ0n) is 12.7. The molecule has 0 unspecified atom stereocenters. The van der Waals surface area contributed by atoms with E-state index in [1.807, 2.05) is 0 Å². The van der Waals surface area contributed by atoms with Gasteiger partial charge in [0, 0.05) is 6.07 Å². The molecule has 3 aromatic rings. The maximum Gasteiger partial charge on any atom is 0.282 e. The number of aromatic nitrogens is 4. The normalized spacial score (nSPS) is 10.4. The van der Waals surface area contributed by atoms with Gasteiger partial charge in [-0.15, -0.1) is 5.10 Å². The molecule has 3 rings (SSSR count). The van der Waals surface area contributed by atoms with Crippen molar-refractivity contribution in [2.24, 2.45) is 0 Å². The molecule has 25 heavy (non-hydrogen) atoms. The quantitative estimate of drug-likeness (QED) is 0.556. The molecule has 0 saturated carbocycles. The zero-order valence-corrected chi connectivity index (χ0v) is 12.7. The third-order valence-electron chi connectivity index (χ3n) is 3.36. The molecule has 0 atom stereocenters. The highest BCUT2D eigenvalue weighted by Crippen LogP contribution is 2.17. The molecule has 1 aromatic heterocycles. The number of hydrogen-bond donors (Lipinski definition) is 1. The van der Waals surface area contributed by atoms with Gasteiger partial charge in [0.25, 0.3) is 11.6 Å². The van der Waals surface area contributed by atoms with Gasteiger partial charge in [-0.25, -0.2) is 4.39 Å². The molecule has 0 aliphatic rings. The second-order valence-corrected chi connectivity index (χ2v) is 4.94. The number of halogens is 1. The predicted molar refractivity (Wildman–Crippen MR) is 83.4 cm³/mol. The topological polar surface area (TPSA) is 116 Å². The molecule has 0 aliphatic carbocycles. The van der Waals surface area contributed by atoms with Crippen LogP contribution in [0.15, 0.2) is 48.5 Å². The first-order valence-corrected chi connectivity index (χ1v) is 7.11. The van der Waals surface area contributed by atoms with E-state index in [2.05, 4.69) is 20.8 Å². The Bertz CT molecular complexity index is 925. The fourth-order valence-electron chi connectivity index (χ4n) is 2.18. The van der Waals surface area contributed by atoms with E-state index < -0.39 is 16.6 Å². The summed E-state index contributed by atoms with van der Waals surface area (Å²) in [6, 6.07) is 11.1. The van der Waals surface area contributed by atoms with Crippen molar-refractivity contribution in [3.05, 3.63) is 75.9 Å². The van der Waals surface area contributed by atoms with Gasteiger partial charge in [0.2, 0.25) is 0 Å². The van der Waals surface area contributed by atoms with Gasteiger partial charge in [0.05, 0.1) is 17.2 Å². The minimum atomic E-state index is -0.627. The number of rotatable bonds is 5. The van der Waals surface area contributed by atoms with Gasteiger partial charge < -0.3 is 5.32 Å². The average Bonchev–Trinajstić information content (AvgIpc) is 3.09. The van der Waals surface area contributed by atoms with Crippen molar-refractivity contribution in [1.82, 2.24) is 25.5 Å². The Labute approximate surface area is 140 Å². The minimum Gasteiger partial charge on any atom is -0.344 e. The number of carbonyl (C=O) groups excluding carboxylic acids is 1. The Hall–Kier alpha value is -3.69. The lowest BCUT2D eigenvalue weighted by molar-refractivity contribution is -0.385. The van der Waals surface area contributed by atoms with Gasteiger partial charge >= 0.3 is 0 Å². The van der Waals surface area contributed by atoms with E-state index in [1.165, 1.54) is 53.2 Å². The molecule has 1 amide bonds. The molecular formula is C15H11FN6O3. The highest BCUT2D eigenvalue weighted by molar-refractivity contribution is 5.98. The van der Waals surface area contributed by atoms with Crippen LogP contribution in [0.5, 0.6) is 0 Å². The molecule has 2 aromatic carbocycles. The number of carbonyl (C=O) groups is 1. The number of amides is 1. The van der Waals surface area contributed by atoms with Crippen LogP contribution in [0.25, 0.3) is 5.69 Å². The van der Waals surface area contributed by atoms with E-state index >= 15 is 0 Å². The van der Waals surface area contributed by atoms with E-state index in [0.717, 1.165) is 0 Å². The lowest BCUT2D eigenvalue weighted by Gasteiger charge is -2.07. The third kappa shape index (κ3) is 3.47. The Balaban J connectivity index is 1.77. The smallest absolute Gasteiger partial charge is 0.282 e. The van der Waals surface area contributed by atoms with Crippen molar-refractivity contribution in [3.8, 4) is 5.69 Å². The summed E-state index contributed by atoms with van der Waals surface area (Å²) in [5.74, 6) is -0.734. The van der Waals surface area contributed by atoms with E-state index in [4.69, 9.17) is 0 Å². The number of nitrogens with one attached hydrogen (secondary N) is 1. The maximum atomic E-state index is 13.0.